The molecule has 3 rings (SSSR count). The molecule has 0 aliphatic heterocycles. The van der Waals surface area contributed by atoms with Crippen molar-refractivity contribution in [1.29, 1.82) is 0 Å². The first-order valence-electron chi connectivity index (χ1n) is 14.0. The summed E-state index contributed by atoms with van der Waals surface area (Å²) >= 11 is 0. The average molecular weight is 536 g/mol. The minimum Gasteiger partial charge on any atom is -0.444 e. The molecular formula is C32H45N3O4. The van der Waals surface area contributed by atoms with Crippen LogP contribution in [0.4, 0.5) is 10.5 Å². The smallest absolute Gasteiger partial charge is 0.408 e. The second kappa shape index (κ2) is 12.2. The van der Waals surface area contributed by atoms with Crippen molar-refractivity contribution < 1.29 is 19.1 Å². The Hall–Kier alpha value is -3.35. The van der Waals surface area contributed by atoms with Crippen LogP contribution in [0.25, 0.3) is 0 Å². The van der Waals surface area contributed by atoms with Crippen LogP contribution < -0.4 is 10.6 Å². The molecule has 0 bridgehead atoms. The fraction of sp³-hybridized carbons (Fsp3) is 0.531. The number of carbonyl (C=O) groups excluding carboxylic acids is 3. The van der Waals surface area contributed by atoms with Crippen molar-refractivity contribution in [3.63, 3.8) is 0 Å². The van der Waals surface area contributed by atoms with Gasteiger partial charge in [0.15, 0.2) is 0 Å². The molecule has 0 spiro atoms. The Morgan fingerprint density at radius 3 is 2.03 bits per heavy atom. The second-order valence-corrected chi connectivity index (χ2v) is 12.2. The summed E-state index contributed by atoms with van der Waals surface area (Å²) in [6, 6.07) is 9.99. The van der Waals surface area contributed by atoms with E-state index in [0.29, 0.717) is 0 Å². The van der Waals surface area contributed by atoms with Gasteiger partial charge in [-0.3, -0.25) is 9.59 Å². The Morgan fingerprint density at radius 1 is 0.923 bits per heavy atom. The zero-order chi connectivity index (χ0) is 29.1. The highest BCUT2D eigenvalue weighted by molar-refractivity contribution is 6.00. The van der Waals surface area contributed by atoms with Crippen molar-refractivity contribution in [3.8, 4) is 0 Å². The van der Waals surface area contributed by atoms with Gasteiger partial charge in [0, 0.05) is 11.7 Å². The van der Waals surface area contributed by atoms with Crippen LogP contribution in [0.3, 0.4) is 0 Å². The Balaban J connectivity index is 2.07. The Kier molecular flexibility index (Phi) is 9.47. The van der Waals surface area contributed by atoms with Gasteiger partial charge in [-0.25, -0.2) is 4.79 Å². The van der Waals surface area contributed by atoms with Crippen LogP contribution in [0.2, 0.25) is 0 Å². The van der Waals surface area contributed by atoms with E-state index in [4.69, 9.17) is 4.74 Å². The number of rotatable bonds is 8. The molecule has 0 aromatic heterocycles. The average Bonchev–Trinajstić information content (AvgIpc) is 2.79. The third kappa shape index (κ3) is 7.40. The summed E-state index contributed by atoms with van der Waals surface area (Å²) in [6.45, 7) is 17.1. The molecule has 0 saturated heterocycles. The van der Waals surface area contributed by atoms with Gasteiger partial charge in [-0.1, -0.05) is 50.2 Å². The highest BCUT2D eigenvalue weighted by Gasteiger charge is 2.43. The van der Waals surface area contributed by atoms with Crippen molar-refractivity contribution >= 4 is 23.6 Å². The topological polar surface area (TPSA) is 87.7 Å². The maximum atomic E-state index is 14.4. The van der Waals surface area contributed by atoms with Crippen LogP contribution in [-0.2, 0) is 14.3 Å². The summed E-state index contributed by atoms with van der Waals surface area (Å²) in [7, 11) is 0. The largest absolute Gasteiger partial charge is 0.444 e. The number of ether oxygens (including phenoxy) is 1. The monoisotopic (exact) mass is 535 g/mol. The fourth-order valence-corrected chi connectivity index (χ4v) is 4.87. The van der Waals surface area contributed by atoms with Crippen molar-refractivity contribution in [3.05, 3.63) is 64.2 Å². The molecule has 0 radical (unpaired) electrons. The number of carbonyl (C=O) groups is 3. The van der Waals surface area contributed by atoms with Crippen LogP contribution in [0.1, 0.15) is 87.7 Å². The maximum absolute atomic E-state index is 14.4. The van der Waals surface area contributed by atoms with Gasteiger partial charge >= 0.3 is 6.09 Å². The molecule has 2 N–H and O–H groups in total. The highest BCUT2D eigenvalue weighted by Crippen LogP contribution is 2.36. The lowest BCUT2D eigenvalue weighted by molar-refractivity contribution is -0.146. The molecule has 7 heteroatoms. The number of amides is 3. The summed E-state index contributed by atoms with van der Waals surface area (Å²) in [6.07, 6.45) is 1.95. The second-order valence-electron chi connectivity index (χ2n) is 12.2. The lowest BCUT2D eigenvalue weighted by Crippen LogP contribution is -2.58. The maximum Gasteiger partial charge on any atom is 0.408 e. The number of hydrogen-bond acceptors (Lipinski definition) is 4. The number of benzene rings is 2. The number of alkyl carbamates (subject to hydrolysis) is 1. The van der Waals surface area contributed by atoms with E-state index in [-0.39, 0.29) is 23.8 Å². The van der Waals surface area contributed by atoms with Crippen molar-refractivity contribution in [2.45, 2.75) is 105 Å². The quantitative estimate of drug-likeness (QED) is 0.402. The Labute approximate surface area is 233 Å². The molecule has 2 atom stereocenters. The lowest BCUT2D eigenvalue weighted by Gasteiger charge is -2.44. The van der Waals surface area contributed by atoms with Gasteiger partial charge in [-0.05, 0) is 101 Å². The normalized spacial score (nSPS) is 15.2. The third-order valence-corrected chi connectivity index (χ3v) is 7.43. The number of nitrogens with one attached hydrogen (secondary N) is 2. The van der Waals surface area contributed by atoms with Crippen molar-refractivity contribution in [2.75, 3.05) is 5.32 Å². The van der Waals surface area contributed by atoms with Crippen LogP contribution in [0.15, 0.2) is 36.4 Å². The van der Waals surface area contributed by atoms with E-state index < -0.39 is 23.8 Å². The Morgan fingerprint density at radius 2 is 1.54 bits per heavy atom. The first kappa shape index (κ1) is 30.2. The van der Waals surface area contributed by atoms with E-state index in [0.717, 1.165) is 52.8 Å². The summed E-state index contributed by atoms with van der Waals surface area (Å²) in [4.78, 5) is 43.0. The van der Waals surface area contributed by atoms with E-state index in [1.54, 1.807) is 25.7 Å². The lowest BCUT2D eigenvalue weighted by atomic mass is 9.86. The molecule has 7 nitrogen and oxygen atoms in total. The molecular weight excluding hydrogens is 490 g/mol. The van der Waals surface area contributed by atoms with Crippen LogP contribution in [-0.4, -0.2) is 40.5 Å². The number of para-hydroxylation sites is 1. The molecule has 212 valence electrons. The summed E-state index contributed by atoms with van der Waals surface area (Å²) in [5.41, 5.74) is 4.87. The van der Waals surface area contributed by atoms with Crippen LogP contribution in [0.5, 0.6) is 0 Å². The molecule has 3 amide bonds. The van der Waals surface area contributed by atoms with Gasteiger partial charge < -0.3 is 20.3 Å². The van der Waals surface area contributed by atoms with E-state index in [2.05, 4.69) is 10.6 Å². The predicted octanol–water partition coefficient (Wildman–Crippen LogP) is 6.53. The molecule has 2 aromatic rings. The first-order chi connectivity index (χ1) is 18.2. The van der Waals surface area contributed by atoms with Gasteiger partial charge in [0.05, 0.1) is 0 Å². The molecule has 2 aromatic carbocycles. The summed E-state index contributed by atoms with van der Waals surface area (Å²) in [5.74, 6) is -0.759. The summed E-state index contributed by atoms with van der Waals surface area (Å²) in [5, 5.41) is 5.95. The summed E-state index contributed by atoms with van der Waals surface area (Å²) < 4.78 is 5.48. The fourth-order valence-electron chi connectivity index (χ4n) is 4.87. The number of nitrogens with zero attached hydrogens (tertiary/aromatic N) is 1. The zero-order valence-electron chi connectivity index (χ0n) is 25.0. The van der Waals surface area contributed by atoms with E-state index in [1.165, 1.54) is 0 Å². The molecule has 1 aliphatic carbocycles. The standard InChI is InChI=1S/C32H45N3O4/c1-19(2)26(34-31(38)39-32(7,8)9)30(37)35(25-14-11-15-25)28(24-17-16-20(3)23(6)18-24)29(36)33-27-21(4)12-10-13-22(27)5/h10,12-13,16-19,25-26,28H,11,14-15H2,1-9H3,(H,33,36)(H,34,38). The van der Waals surface area contributed by atoms with Crippen molar-refractivity contribution in [1.82, 2.24) is 10.2 Å². The van der Waals surface area contributed by atoms with E-state index >= 15 is 0 Å². The SMILES string of the molecule is Cc1ccc(C(C(=O)Nc2c(C)cccc2C)N(C(=O)C(NC(=O)OC(C)(C)C)C(C)C)C2CCC2)cc1C. The van der Waals surface area contributed by atoms with Crippen LogP contribution >= 0.6 is 0 Å². The van der Waals surface area contributed by atoms with Crippen molar-refractivity contribution in [2.24, 2.45) is 5.92 Å². The van der Waals surface area contributed by atoms with Gasteiger partial charge in [-0.15, -0.1) is 0 Å². The van der Waals surface area contributed by atoms with Crippen LogP contribution in [0, 0.1) is 33.6 Å². The highest BCUT2D eigenvalue weighted by atomic mass is 16.6. The minimum absolute atomic E-state index is 0.102. The van der Waals surface area contributed by atoms with Gasteiger partial charge in [0.2, 0.25) is 5.91 Å². The molecule has 1 saturated carbocycles. The van der Waals surface area contributed by atoms with Gasteiger partial charge in [0.25, 0.3) is 5.91 Å². The minimum atomic E-state index is -0.859. The number of aryl methyl sites for hydroxylation is 4. The molecule has 1 aliphatic rings. The first-order valence-corrected chi connectivity index (χ1v) is 14.0. The molecule has 1 fully saturated rings. The van der Waals surface area contributed by atoms with E-state index in [1.807, 2.05) is 77.9 Å². The zero-order valence-corrected chi connectivity index (χ0v) is 25.0. The Bertz CT molecular complexity index is 1190. The van der Waals surface area contributed by atoms with Gasteiger partial charge in [0.1, 0.15) is 17.7 Å². The predicted molar refractivity (Wildman–Crippen MR) is 156 cm³/mol. The molecule has 0 heterocycles. The van der Waals surface area contributed by atoms with Gasteiger partial charge in [-0.2, -0.15) is 0 Å². The van der Waals surface area contributed by atoms with E-state index in [9.17, 15) is 14.4 Å². The molecule has 39 heavy (non-hydrogen) atoms. The number of hydrogen-bond donors (Lipinski definition) is 2. The number of anilines is 1. The third-order valence-electron chi connectivity index (χ3n) is 7.43. The molecule has 2 unspecified atom stereocenters.